The molecule has 2 rings (SSSR count). The number of rotatable bonds is 4. The summed E-state index contributed by atoms with van der Waals surface area (Å²) >= 11 is 1.12. The van der Waals surface area contributed by atoms with E-state index < -0.39 is 10.0 Å². The summed E-state index contributed by atoms with van der Waals surface area (Å²) in [6, 6.07) is 3.28. The van der Waals surface area contributed by atoms with Crippen LogP contribution in [0.2, 0.25) is 0 Å². The Bertz CT molecular complexity index is 446. The summed E-state index contributed by atoms with van der Waals surface area (Å²) in [5, 5.41) is 8.90. The lowest BCUT2D eigenvalue weighted by Gasteiger charge is -2.10. The quantitative estimate of drug-likeness (QED) is 0.862. The van der Waals surface area contributed by atoms with Crippen LogP contribution >= 0.6 is 11.3 Å². The molecule has 0 unspecified atom stereocenters. The molecular weight excluding hydrogens is 246 g/mol. The van der Waals surface area contributed by atoms with Gasteiger partial charge in [0.1, 0.15) is 4.21 Å². The van der Waals surface area contributed by atoms with Crippen molar-refractivity contribution in [1.29, 1.82) is 0 Å². The lowest BCUT2D eigenvalue weighted by molar-refractivity contribution is 0.285. The molecule has 0 radical (unpaired) electrons. The third-order valence-corrected chi connectivity index (χ3v) is 5.82. The summed E-state index contributed by atoms with van der Waals surface area (Å²) in [4.78, 5) is 0.673. The van der Waals surface area contributed by atoms with Gasteiger partial charge < -0.3 is 5.11 Å². The second-order valence-electron chi connectivity index (χ2n) is 3.98. The van der Waals surface area contributed by atoms with E-state index in [0.29, 0.717) is 9.09 Å². The summed E-state index contributed by atoms with van der Waals surface area (Å²) in [6.45, 7) is -0.108. The monoisotopic (exact) mass is 261 g/mol. The Balaban J connectivity index is 2.11. The van der Waals surface area contributed by atoms with Crippen molar-refractivity contribution in [2.75, 3.05) is 0 Å². The Morgan fingerprint density at radius 1 is 1.38 bits per heavy atom. The highest BCUT2D eigenvalue weighted by Gasteiger charge is 2.23. The molecule has 0 spiro atoms. The van der Waals surface area contributed by atoms with Crippen molar-refractivity contribution in [1.82, 2.24) is 4.72 Å². The van der Waals surface area contributed by atoms with E-state index in [0.717, 1.165) is 37.0 Å². The molecule has 0 atom stereocenters. The standard InChI is InChI=1S/C10H15NO3S2/c12-7-9-5-6-10(15-9)16(13,14)11-8-3-1-2-4-8/h5-6,8,11-12H,1-4,7H2. The Kier molecular flexibility index (Phi) is 3.63. The SMILES string of the molecule is O=S(=O)(NC1CCCC1)c1ccc(CO)s1. The Hall–Kier alpha value is -0.430. The third-order valence-electron chi connectivity index (χ3n) is 2.73. The van der Waals surface area contributed by atoms with Crippen LogP contribution in [0.25, 0.3) is 0 Å². The van der Waals surface area contributed by atoms with Gasteiger partial charge in [-0.15, -0.1) is 11.3 Å². The average Bonchev–Trinajstić information content (AvgIpc) is 2.85. The summed E-state index contributed by atoms with van der Waals surface area (Å²) < 4.78 is 26.9. The molecule has 1 saturated carbocycles. The van der Waals surface area contributed by atoms with Crippen LogP contribution in [0.1, 0.15) is 30.6 Å². The molecule has 0 aromatic carbocycles. The molecule has 0 aliphatic heterocycles. The fraction of sp³-hybridized carbons (Fsp3) is 0.600. The highest BCUT2D eigenvalue weighted by molar-refractivity contribution is 7.91. The number of hydrogen-bond donors (Lipinski definition) is 2. The molecule has 0 bridgehead atoms. The number of aliphatic hydroxyl groups is 1. The van der Waals surface area contributed by atoms with E-state index in [9.17, 15) is 8.42 Å². The minimum Gasteiger partial charge on any atom is -0.391 e. The molecule has 0 amide bonds. The number of thiophene rings is 1. The smallest absolute Gasteiger partial charge is 0.250 e. The number of nitrogens with one attached hydrogen (secondary N) is 1. The second-order valence-corrected chi connectivity index (χ2v) is 7.09. The maximum Gasteiger partial charge on any atom is 0.250 e. The number of hydrogen-bond acceptors (Lipinski definition) is 4. The van der Waals surface area contributed by atoms with Crippen LogP contribution < -0.4 is 4.72 Å². The van der Waals surface area contributed by atoms with Crippen molar-refractivity contribution >= 4 is 21.4 Å². The molecule has 2 N–H and O–H groups in total. The maximum atomic E-state index is 11.9. The van der Waals surface area contributed by atoms with Gasteiger partial charge in [0, 0.05) is 10.9 Å². The minimum atomic E-state index is -3.38. The van der Waals surface area contributed by atoms with Gasteiger partial charge in [-0.25, -0.2) is 13.1 Å². The van der Waals surface area contributed by atoms with Crippen LogP contribution in [0.5, 0.6) is 0 Å². The Morgan fingerprint density at radius 3 is 2.62 bits per heavy atom. The first kappa shape index (κ1) is 12.0. The highest BCUT2D eigenvalue weighted by Crippen LogP contribution is 2.24. The first-order valence-electron chi connectivity index (χ1n) is 5.34. The van der Waals surface area contributed by atoms with E-state index in [4.69, 9.17) is 5.11 Å². The normalized spacial score (nSPS) is 18.1. The van der Waals surface area contributed by atoms with Crippen LogP contribution in [0, 0.1) is 0 Å². The molecule has 1 aromatic heterocycles. The summed E-state index contributed by atoms with van der Waals surface area (Å²) in [7, 11) is -3.38. The molecule has 1 aliphatic rings. The van der Waals surface area contributed by atoms with Gasteiger partial charge in [0.05, 0.1) is 6.61 Å². The molecule has 90 valence electrons. The second kappa shape index (κ2) is 4.83. The van der Waals surface area contributed by atoms with E-state index >= 15 is 0 Å². The van der Waals surface area contributed by atoms with Gasteiger partial charge in [-0.2, -0.15) is 0 Å². The molecule has 1 aromatic rings. The zero-order valence-corrected chi connectivity index (χ0v) is 10.5. The largest absolute Gasteiger partial charge is 0.391 e. The van der Waals surface area contributed by atoms with Gasteiger partial charge in [-0.1, -0.05) is 12.8 Å². The first-order chi connectivity index (χ1) is 7.62. The Labute approximate surface area is 99.4 Å². The summed E-state index contributed by atoms with van der Waals surface area (Å²) in [5.41, 5.74) is 0. The van der Waals surface area contributed by atoms with Crippen molar-refractivity contribution in [3.63, 3.8) is 0 Å². The van der Waals surface area contributed by atoms with Crippen molar-refractivity contribution in [3.05, 3.63) is 17.0 Å². The number of aliphatic hydroxyl groups excluding tert-OH is 1. The maximum absolute atomic E-state index is 11.9. The third kappa shape index (κ3) is 2.63. The van der Waals surface area contributed by atoms with Crippen LogP contribution in [0.4, 0.5) is 0 Å². The minimum absolute atomic E-state index is 0.0877. The fourth-order valence-corrected chi connectivity index (χ4v) is 4.45. The lowest BCUT2D eigenvalue weighted by atomic mass is 10.3. The van der Waals surface area contributed by atoms with Crippen molar-refractivity contribution < 1.29 is 13.5 Å². The van der Waals surface area contributed by atoms with Gasteiger partial charge in [-0.05, 0) is 25.0 Å². The van der Waals surface area contributed by atoms with E-state index in [-0.39, 0.29) is 12.6 Å². The van der Waals surface area contributed by atoms with Gasteiger partial charge >= 0.3 is 0 Å². The van der Waals surface area contributed by atoms with E-state index in [1.54, 1.807) is 12.1 Å². The van der Waals surface area contributed by atoms with Crippen LogP contribution in [-0.4, -0.2) is 19.6 Å². The Morgan fingerprint density at radius 2 is 2.06 bits per heavy atom. The molecule has 16 heavy (non-hydrogen) atoms. The van der Waals surface area contributed by atoms with Crippen molar-refractivity contribution in [3.8, 4) is 0 Å². The molecular formula is C10H15NO3S2. The zero-order valence-electron chi connectivity index (χ0n) is 8.85. The zero-order chi connectivity index (χ0) is 11.6. The average molecular weight is 261 g/mol. The fourth-order valence-electron chi connectivity index (χ4n) is 1.91. The van der Waals surface area contributed by atoms with Gasteiger partial charge in [-0.3, -0.25) is 0 Å². The lowest BCUT2D eigenvalue weighted by Crippen LogP contribution is -2.32. The van der Waals surface area contributed by atoms with Gasteiger partial charge in [0.2, 0.25) is 10.0 Å². The summed E-state index contributed by atoms with van der Waals surface area (Å²) in [6.07, 6.45) is 4.05. The van der Waals surface area contributed by atoms with Crippen LogP contribution in [0.15, 0.2) is 16.3 Å². The van der Waals surface area contributed by atoms with E-state index in [2.05, 4.69) is 4.72 Å². The first-order valence-corrected chi connectivity index (χ1v) is 7.64. The van der Waals surface area contributed by atoms with Crippen LogP contribution in [0.3, 0.4) is 0 Å². The van der Waals surface area contributed by atoms with Crippen LogP contribution in [-0.2, 0) is 16.6 Å². The van der Waals surface area contributed by atoms with Crippen molar-refractivity contribution in [2.24, 2.45) is 0 Å². The molecule has 6 heteroatoms. The van der Waals surface area contributed by atoms with Gasteiger partial charge in [0.15, 0.2) is 0 Å². The topological polar surface area (TPSA) is 66.4 Å². The van der Waals surface area contributed by atoms with Crippen molar-refractivity contribution in [2.45, 2.75) is 42.5 Å². The number of sulfonamides is 1. The molecule has 1 fully saturated rings. The van der Waals surface area contributed by atoms with E-state index in [1.807, 2.05) is 0 Å². The molecule has 4 nitrogen and oxygen atoms in total. The molecule has 1 heterocycles. The summed E-state index contributed by atoms with van der Waals surface area (Å²) in [5.74, 6) is 0. The molecule has 0 saturated heterocycles. The predicted molar refractivity (Wildman–Crippen MR) is 62.8 cm³/mol. The highest BCUT2D eigenvalue weighted by atomic mass is 32.2. The predicted octanol–water partition coefficient (Wildman–Crippen LogP) is 1.46. The van der Waals surface area contributed by atoms with Gasteiger partial charge in [0.25, 0.3) is 0 Å². The molecule has 1 aliphatic carbocycles. The van der Waals surface area contributed by atoms with E-state index in [1.165, 1.54) is 0 Å².